The fourth-order valence-corrected chi connectivity index (χ4v) is 3.81. The van der Waals surface area contributed by atoms with E-state index in [1.807, 2.05) is 52.0 Å². The lowest BCUT2D eigenvalue weighted by Gasteiger charge is -2.17. The second-order valence-electron chi connectivity index (χ2n) is 6.81. The maximum Gasteiger partial charge on any atom is 0.241 e. The maximum atomic E-state index is 12.3. The number of nitrogens with zero attached hydrogens (tertiary/aromatic N) is 3. The summed E-state index contributed by atoms with van der Waals surface area (Å²) < 4.78 is 32.1. The van der Waals surface area contributed by atoms with E-state index in [1.54, 1.807) is 25.3 Å². The normalized spacial score (nSPS) is 13.4. The fraction of sp³-hybridized carbons (Fsp3) is 0.318. The number of nitriles is 1. The molecule has 9 heteroatoms. The van der Waals surface area contributed by atoms with Gasteiger partial charge >= 0.3 is 0 Å². The van der Waals surface area contributed by atoms with Gasteiger partial charge in [-0.05, 0) is 57.0 Å². The molecule has 2 aromatic rings. The number of ether oxygens (including phenoxy) is 1. The Kier molecular flexibility index (Phi) is 8.30. The highest BCUT2D eigenvalue weighted by atomic mass is 32.2. The van der Waals surface area contributed by atoms with Crippen LogP contribution in [0.5, 0.6) is 0 Å². The van der Waals surface area contributed by atoms with Crippen LogP contribution >= 0.6 is 0 Å². The second kappa shape index (κ2) is 10.7. The molecule has 8 nitrogen and oxygen atoms in total. The molecular formula is C22H27N5O3S. The summed E-state index contributed by atoms with van der Waals surface area (Å²) in [4.78, 5) is 9.07. The Morgan fingerprint density at radius 1 is 1.32 bits per heavy atom. The van der Waals surface area contributed by atoms with Gasteiger partial charge in [0.25, 0.3) is 0 Å². The minimum atomic E-state index is -3.75. The van der Waals surface area contributed by atoms with Crippen molar-refractivity contribution in [3.8, 4) is 6.07 Å². The molecule has 0 saturated carbocycles. The summed E-state index contributed by atoms with van der Waals surface area (Å²) in [5, 5.41) is 11.9. The Hall–Kier alpha value is -3.22. The summed E-state index contributed by atoms with van der Waals surface area (Å²) >= 11 is 0. The van der Waals surface area contributed by atoms with Gasteiger partial charge in [0.05, 0.1) is 36.1 Å². The first-order valence-electron chi connectivity index (χ1n) is 9.68. The minimum absolute atomic E-state index is 0.102. The van der Waals surface area contributed by atoms with E-state index < -0.39 is 10.0 Å². The van der Waals surface area contributed by atoms with Gasteiger partial charge in [-0.1, -0.05) is 18.2 Å². The lowest BCUT2D eigenvalue weighted by molar-refractivity contribution is 0.294. The zero-order valence-electron chi connectivity index (χ0n) is 18.3. The van der Waals surface area contributed by atoms with Crippen LogP contribution in [0.15, 0.2) is 53.1 Å². The van der Waals surface area contributed by atoms with Gasteiger partial charge in [0.15, 0.2) is 0 Å². The van der Waals surface area contributed by atoms with E-state index in [0.29, 0.717) is 11.6 Å². The van der Waals surface area contributed by atoms with Crippen LogP contribution in [0.1, 0.15) is 43.9 Å². The van der Waals surface area contributed by atoms with Gasteiger partial charge in [0.1, 0.15) is 11.6 Å². The zero-order chi connectivity index (χ0) is 23.0. The van der Waals surface area contributed by atoms with Crippen molar-refractivity contribution in [2.45, 2.75) is 38.6 Å². The van der Waals surface area contributed by atoms with E-state index in [4.69, 9.17) is 10.00 Å². The average molecular weight is 442 g/mol. The van der Waals surface area contributed by atoms with Gasteiger partial charge in [-0.2, -0.15) is 9.98 Å². The highest BCUT2D eigenvalue weighted by molar-refractivity contribution is 7.89. The molecule has 1 unspecified atom stereocenters. The third-order valence-electron chi connectivity index (χ3n) is 4.50. The van der Waals surface area contributed by atoms with Crippen molar-refractivity contribution in [3.05, 3.63) is 65.3 Å². The number of hydrogen-bond donors (Lipinski definition) is 2. The van der Waals surface area contributed by atoms with Gasteiger partial charge < -0.3 is 10.1 Å². The van der Waals surface area contributed by atoms with E-state index in [9.17, 15) is 8.42 Å². The molecule has 164 valence electrons. The third-order valence-corrected chi connectivity index (χ3v) is 5.90. The van der Waals surface area contributed by atoms with Crippen molar-refractivity contribution in [1.29, 1.82) is 5.26 Å². The molecule has 1 aromatic carbocycles. The Morgan fingerprint density at radius 3 is 2.71 bits per heavy atom. The lowest BCUT2D eigenvalue weighted by Crippen LogP contribution is -2.24. The van der Waals surface area contributed by atoms with Crippen LogP contribution in [-0.2, 0) is 14.8 Å². The number of allylic oxidation sites excluding steroid dienone is 4. The molecule has 31 heavy (non-hydrogen) atoms. The van der Waals surface area contributed by atoms with Crippen molar-refractivity contribution in [3.63, 3.8) is 0 Å². The Bertz CT molecular complexity index is 1130. The van der Waals surface area contributed by atoms with Crippen LogP contribution in [0.25, 0.3) is 5.57 Å². The summed E-state index contributed by atoms with van der Waals surface area (Å²) in [6, 6.07) is 9.96. The number of nitrogens with one attached hydrogen (secondary N) is 2. The summed E-state index contributed by atoms with van der Waals surface area (Å²) in [6.07, 6.45) is 3.84. The number of aromatic nitrogens is 2. The SMILES string of the molecule is CC=C(C=C(C)OC)c1cc(NC(C)c2cccc(S(=O)(=O)NCC#N)c2)nc(C)n1. The van der Waals surface area contributed by atoms with E-state index in [-0.39, 0.29) is 17.5 Å². The van der Waals surface area contributed by atoms with Crippen LogP contribution in [0, 0.1) is 18.3 Å². The quantitative estimate of drug-likeness (QED) is 0.346. The number of anilines is 1. The Morgan fingerprint density at radius 2 is 2.06 bits per heavy atom. The average Bonchev–Trinajstić information content (AvgIpc) is 2.75. The van der Waals surface area contributed by atoms with Crippen molar-refractivity contribution in [2.75, 3.05) is 19.0 Å². The van der Waals surface area contributed by atoms with Crippen LogP contribution in [0.4, 0.5) is 5.82 Å². The molecule has 0 radical (unpaired) electrons. The third kappa shape index (κ3) is 6.64. The number of methoxy groups -OCH3 is 1. The van der Waals surface area contributed by atoms with Gasteiger partial charge in [0.2, 0.25) is 10.0 Å². The summed E-state index contributed by atoms with van der Waals surface area (Å²) in [7, 11) is -2.13. The highest BCUT2D eigenvalue weighted by Crippen LogP contribution is 2.24. The molecule has 0 bridgehead atoms. The summed E-state index contributed by atoms with van der Waals surface area (Å²) in [5.41, 5.74) is 2.41. The van der Waals surface area contributed by atoms with E-state index in [0.717, 1.165) is 22.6 Å². The Labute approximate surface area is 183 Å². The van der Waals surface area contributed by atoms with Crippen LogP contribution < -0.4 is 10.0 Å². The van der Waals surface area contributed by atoms with Gasteiger partial charge in [-0.3, -0.25) is 0 Å². The van der Waals surface area contributed by atoms with Crippen molar-refractivity contribution >= 4 is 21.4 Å². The van der Waals surface area contributed by atoms with Crippen molar-refractivity contribution in [1.82, 2.24) is 14.7 Å². The molecular weight excluding hydrogens is 414 g/mol. The summed E-state index contributed by atoms with van der Waals surface area (Å²) in [5.74, 6) is 1.98. The maximum absolute atomic E-state index is 12.3. The zero-order valence-corrected chi connectivity index (χ0v) is 19.1. The standard InChI is InChI=1S/C22H27N5O3S/c1-6-18(12-15(2)30-5)21-14-22(27-17(4)26-21)25-16(3)19-8-7-9-20(13-19)31(28,29)24-11-10-23/h6-9,12-14,16,24H,11H2,1-5H3,(H,25,26,27). The topological polar surface area (TPSA) is 117 Å². The number of aryl methyl sites for hydroxylation is 1. The monoisotopic (exact) mass is 441 g/mol. The van der Waals surface area contributed by atoms with Crippen LogP contribution in [0.3, 0.4) is 0 Å². The van der Waals surface area contributed by atoms with E-state index >= 15 is 0 Å². The fourth-order valence-electron chi connectivity index (χ4n) is 2.84. The molecule has 0 aliphatic carbocycles. The largest absolute Gasteiger partial charge is 0.501 e. The second-order valence-corrected chi connectivity index (χ2v) is 8.58. The van der Waals surface area contributed by atoms with Gasteiger partial charge in [-0.15, -0.1) is 0 Å². The lowest BCUT2D eigenvalue weighted by atomic mass is 10.1. The Balaban J connectivity index is 2.31. The molecule has 1 heterocycles. The van der Waals surface area contributed by atoms with Crippen molar-refractivity contribution in [2.24, 2.45) is 0 Å². The number of rotatable bonds is 9. The first-order valence-corrected chi connectivity index (χ1v) is 11.2. The highest BCUT2D eigenvalue weighted by Gasteiger charge is 2.16. The first-order chi connectivity index (χ1) is 14.7. The molecule has 0 saturated heterocycles. The molecule has 0 spiro atoms. The number of benzene rings is 1. The van der Waals surface area contributed by atoms with Crippen molar-refractivity contribution < 1.29 is 13.2 Å². The molecule has 2 rings (SSSR count). The molecule has 1 aromatic heterocycles. The summed E-state index contributed by atoms with van der Waals surface area (Å²) in [6.45, 7) is 7.23. The number of hydrogen-bond acceptors (Lipinski definition) is 7. The molecule has 2 N–H and O–H groups in total. The van der Waals surface area contributed by atoms with E-state index in [1.165, 1.54) is 6.07 Å². The molecule has 0 aliphatic rings. The predicted molar refractivity (Wildman–Crippen MR) is 120 cm³/mol. The van der Waals surface area contributed by atoms with Crippen LogP contribution in [-0.4, -0.2) is 32.0 Å². The minimum Gasteiger partial charge on any atom is -0.501 e. The molecule has 1 atom stereocenters. The molecule has 0 aliphatic heterocycles. The van der Waals surface area contributed by atoms with Crippen LogP contribution in [0.2, 0.25) is 0 Å². The smallest absolute Gasteiger partial charge is 0.241 e. The molecule has 0 amide bonds. The van der Waals surface area contributed by atoms with E-state index in [2.05, 4.69) is 20.0 Å². The van der Waals surface area contributed by atoms with Gasteiger partial charge in [0, 0.05) is 12.1 Å². The predicted octanol–water partition coefficient (Wildman–Crippen LogP) is 3.71. The van der Waals surface area contributed by atoms with Gasteiger partial charge in [-0.25, -0.2) is 18.4 Å². The molecule has 0 fully saturated rings. The number of sulfonamides is 1. The first kappa shape index (κ1) is 24.1.